The molecule has 0 aliphatic rings. The zero-order valence-corrected chi connectivity index (χ0v) is 12.4. The molecule has 0 saturated heterocycles. The Hall–Kier alpha value is -1.95. The molecule has 0 atom stereocenters. The molecule has 0 aliphatic carbocycles. The van der Waals surface area contributed by atoms with Crippen LogP contribution in [0.25, 0.3) is 0 Å². The number of amides is 1. The quantitative estimate of drug-likeness (QED) is 0.894. The van der Waals surface area contributed by atoms with E-state index in [-0.39, 0.29) is 22.0 Å². The van der Waals surface area contributed by atoms with E-state index < -0.39 is 17.7 Å². The molecule has 110 valence electrons. The van der Waals surface area contributed by atoms with Crippen molar-refractivity contribution in [2.24, 2.45) is 0 Å². The van der Waals surface area contributed by atoms with Crippen LogP contribution < -0.4 is 10.1 Å². The number of carboxylic acids is 1. The van der Waals surface area contributed by atoms with Crippen LogP contribution in [0.15, 0.2) is 12.1 Å². The summed E-state index contributed by atoms with van der Waals surface area (Å²) in [5, 5.41) is 11.5. The third kappa shape index (κ3) is 4.31. The first-order valence-electron chi connectivity index (χ1n) is 5.75. The van der Waals surface area contributed by atoms with Gasteiger partial charge in [-0.2, -0.15) is 0 Å². The summed E-state index contributed by atoms with van der Waals surface area (Å²) in [5.41, 5.74) is -0.625. The van der Waals surface area contributed by atoms with E-state index in [2.05, 4.69) is 5.32 Å². The third-order valence-electron chi connectivity index (χ3n) is 2.14. The van der Waals surface area contributed by atoms with E-state index in [9.17, 15) is 9.59 Å². The monoisotopic (exact) mass is 301 g/mol. The second-order valence-electron chi connectivity index (χ2n) is 4.97. The van der Waals surface area contributed by atoms with Crippen LogP contribution in [-0.4, -0.2) is 29.9 Å². The van der Waals surface area contributed by atoms with Crippen molar-refractivity contribution in [1.29, 1.82) is 0 Å². The maximum atomic E-state index is 11.7. The lowest BCUT2D eigenvalue weighted by Crippen LogP contribution is -2.27. The Balaban J connectivity index is 3.08. The van der Waals surface area contributed by atoms with Gasteiger partial charge in [-0.3, -0.25) is 5.32 Å². The average Bonchev–Trinajstić information content (AvgIpc) is 2.28. The summed E-state index contributed by atoms with van der Waals surface area (Å²) in [6.07, 6.45) is -0.732. The molecule has 0 fully saturated rings. The number of anilines is 1. The maximum Gasteiger partial charge on any atom is 0.412 e. The number of aromatic carboxylic acids is 1. The van der Waals surface area contributed by atoms with Crippen molar-refractivity contribution in [3.05, 3.63) is 22.7 Å². The molecule has 0 spiro atoms. The zero-order chi connectivity index (χ0) is 15.5. The molecule has 2 N–H and O–H groups in total. The summed E-state index contributed by atoms with van der Waals surface area (Å²) in [4.78, 5) is 22.7. The van der Waals surface area contributed by atoms with Gasteiger partial charge in [0.25, 0.3) is 0 Å². The van der Waals surface area contributed by atoms with Crippen molar-refractivity contribution in [3.63, 3.8) is 0 Å². The van der Waals surface area contributed by atoms with E-state index >= 15 is 0 Å². The van der Waals surface area contributed by atoms with Gasteiger partial charge < -0.3 is 14.6 Å². The number of hydrogen-bond donors (Lipinski definition) is 2. The topological polar surface area (TPSA) is 84.9 Å². The van der Waals surface area contributed by atoms with E-state index in [0.717, 1.165) is 0 Å². The molecule has 0 bridgehead atoms. The molecule has 7 heteroatoms. The van der Waals surface area contributed by atoms with Crippen LogP contribution in [0, 0.1) is 0 Å². The second-order valence-corrected chi connectivity index (χ2v) is 5.35. The highest BCUT2D eigenvalue weighted by Gasteiger charge is 2.19. The SMILES string of the molecule is COc1cc(C(=O)O)cc(NC(=O)OC(C)(C)C)c1Cl. The molecule has 6 nitrogen and oxygen atoms in total. The van der Waals surface area contributed by atoms with Gasteiger partial charge in [0.1, 0.15) is 16.4 Å². The fourth-order valence-electron chi connectivity index (χ4n) is 1.37. The van der Waals surface area contributed by atoms with Crippen LogP contribution in [0.5, 0.6) is 5.75 Å². The molecule has 0 saturated carbocycles. The Labute approximate surface area is 121 Å². The van der Waals surface area contributed by atoms with Gasteiger partial charge in [-0.1, -0.05) is 11.6 Å². The Morgan fingerprint density at radius 3 is 2.35 bits per heavy atom. The fraction of sp³-hybridized carbons (Fsp3) is 0.385. The van der Waals surface area contributed by atoms with Crippen LogP contribution in [0.2, 0.25) is 5.02 Å². The average molecular weight is 302 g/mol. The lowest BCUT2D eigenvalue weighted by atomic mass is 10.2. The number of methoxy groups -OCH3 is 1. The van der Waals surface area contributed by atoms with Crippen molar-refractivity contribution >= 4 is 29.4 Å². The van der Waals surface area contributed by atoms with Gasteiger partial charge in [-0.05, 0) is 32.9 Å². The van der Waals surface area contributed by atoms with Gasteiger partial charge in [0.15, 0.2) is 0 Å². The molecule has 1 aromatic carbocycles. The van der Waals surface area contributed by atoms with E-state index in [4.69, 9.17) is 26.2 Å². The van der Waals surface area contributed by atoms with Crippen molar-refractivity contribution < 1.29 is 24.2 Å². The largest absolute Gasteiger partial charge is 0.495 e. The van der Waals surface area contributed by atoms with E-state index in [1.807, 2.05) is 0 Å². The Morgan fingerprint density at radius 2 is 1.90 bits per heavy atom. The van der Waals surface area contributed by atoms with Crippen LogP contribution in [0.1, 0.15) is 31.1 Å². The smallest absolute Gasteiger partial charge is 0.412 e. The lowest BCUT2D eigenvalue weighted by molar-refractivity contribution is 0.0632. The molecule has 1 aromatic rings. The zero-order valence-electron chi connectivity index (χ0n) is 11.6. The van der Waals surface area contributed by atoms with Crippen molar-refractivity contribution in [1.82, 2.24) is 0 Å². The van der Waals surface area contributed by atoms with Crippen LogP contribution >= 0.6 is 11.6 Å². The summed E-state index contributed by atoms with van der Waals surface area (Å²) in [6, 6.07) is 2.50. The fourth-order valence-corrected chi connectivity index (χ4v) is 1.61. The van der Waals surface area contributed by atoms with E-state index in [0.29, 0.717) is 0 Å². The Kier molecular flexibility index (Phi) is 4.83. The number of nitrogens with one attached hydrogen (secondary N) is 1. The minimum absolute atomic E-state index is 0.0580. The number of halogens is 1. The van der Waals surface area contributed by atoms with Crippen LogP contribution in [0.4, 0.5) is 10.5 Å². The lowest BCUT2D eigenvalue weighted by Gasteiger charge is -2.20. The van der Waals surface area contributed by atoms with Crippen molar-refractivity contribution in [3.8, 4) is 5.75 Å². The number of hydrogen-bond acceptors (Lipinski definition) is 4. The molecule has 1 amide bonds. The summed E-state index contributed by atoms with van der Waals surface area (Å²) < 4.78 is 10.0. The minimum Gasteiger partial charge on any atom is -0.495 e. The first-order valence-corrected chi connectivity index (χ1v) is 6.12. The highest BCUT2D eigenvalue weighted by atomic mass is 35.5. The van der Waals surface area contributed by atoms with Gasteiger partial charge in [-0.25, -0.2) is 9.59 Å². The number of carbonyl (C=O) groups excluding carboxylic acids is 1. The molecule has 0 radical (unpaired) electrons. The molecule has 20 heavy (non-hydrogen) atoms. The summed E-state index contributed by atoms with van der Waals surface area (Å²) in [7, 11) is 1.35. The van der Waals surface area contributed by atoms with Gasteiger partial charge in [0.05, 0.1) is 18.4 Å². The molecule has 0 heterocycles. The van der Waals surface area contributed by atoms with Crippen LogP contribution in [0.3, 0.4) is 0 Å². The predicted molar refractivity (Wildman–Crippen MR) is 74.8 cm³/mol. The summed E-state index contributed by atoms with van der Waals surface area (Å²) in [6.45, 7) is 5.13. The highest BCUT2D eigenvalue weighted by Crippen LogP contribution is 2.34. The van der Waals surface area contributed by atoms with E-state index in [1.165, 1.54) is 19.2 Å². The Bertz CT molecular complexity index is 536. The molecule has 0 aliphatic heterocycles. The summed E-state index contributed by atoms with van der Waals surface area (Å²) >= 11 is 6.01. The van der Waals surface area contributed by atoms with Gasteiger partial charge in [-0.15, -0.1) is 0 Å². The van der Waals surface area contributed by atoms with E-state index in [1.54, 1.807) is 20.8 Å². The van der Waals surface area contributed by atoms with Gasteiger partial charge in [0, 0.05) is 0 Å². The third-order valence-corrected chi connectivity index (χ3v) is 2.53. The minimum atomic E-state index is -1.16. The highest BCUT2D eigenvalue weighted by molar-refractivity contribution is 6.35. The number of ether oxygens (including phenoxy) is 2. The molecular weight excluding hydrogens is 286 g/mol. The first-order chi connectivity index (χ1) is 9.14. The van der Waals surface area contributed by atoms with Crippen LogP contribution in [-0.2, 0) is 4.74 Å². The maximum absolute atomic E-state index is 11.7. The number of rotatable bonds is 3. The molecule has 1 rings (SSSR count). The van der Waals surface area contributed by atoms with Crippen molar-refractivity contribution in [2.75, 3.05) is 12.4 Å². The Morgan fingerprint density at radius 1 is 1.30 bits per heavy atom. The number of carbonyl (C=O) groups is 2. The molecule has 0 aromatic heterocycles. The summed E-state index contributed by atoms with van der Waals surface area (Å²) in [5.74, 6) is -1.01. The van der Waals surface area contributed by atoms with Crippen molar-refractivity contribution in [2.45, 2.75) is 26.4 Å². The number of benzene rings is 1. The van der Waals surface area contributed by atoms with Gasteiger partial charge in [0.2, 0.25) is 0 Å². The predicted octanol–water partition coefficient (Wildman–Crippen LogP) is 3.39. The normalized spacial score (nSPS) is 10.8. The molecular formula is C13H16ClNO5. The number of carboxylic acid groups (broad SMARTS) is 1. The molecule has 0 unspecified atom stereocenters. The standard InChI is InChI=1S/C13H16ClNO5/c1-13(2,3)20-12(18)15-8-5-7(11(16)17)6-9(19-4)10(8)14/h5-6H,1-4H3,(H,15,18)(H,16,17). The second kappa shape index (κ2) is 6.00. The van der Waals surface area contributed by atoms with Gasteiger partial charge >= 0.3 is 12.1 Å². The first kappa shape index (κ1) is 16.1.